The third-order valence-corrected chi connectivity index (χ3v) is 5.61. The molecule has 0 unspecified atom stereocenters. The fourth-order valence-corrected chi connectivity index (χ4v) is 3.91. The molecule has 154 valence electrons. The van der Waals surface area contributed by atoms with E-state index < -0.39 is 0 Å². The highest BCUT2D eigenvalue weighted by molar-refractivity contribution is 6.31. The number of hydrogen-bond donors (Lipinski definition) is 2. The quantitative estimate of drug-likeness (QED) is 0.533. The number of carbonyl (C=O) groups excluding carboxylic acids is 1. The van der Waals surface area contributed by atoms with Gasteiger partial charge >= 0.3 is 0 Å². The van der Waals surface area contributed by atoms with Crippen molar-refractivity contribution in [2.24, 2.45) is 0 Å². The SMILES string of the molecule is C=C(N[C@@H](C)c1nc2ccc(Cl)cc2[nH]1)c1ccc(N2CC=CCCC2=O)c(C)c1. The molecule has 2 aromatic carbocycles. The van der Waals surface area contributed by atoms with Crippen LogP contribution in [0.25, 0.3) is 16.7 Å². The fraction of sp³-hybridized carbons (Fsp3) is 0.250. The zero-order valence-corrected chi connectivity index (χ0v) is 18.0. The summed E-state index contributed by atoms with van der Waals surface area (Å²) >= 11 is 6.07. The van der Waals surface area contributed by atoms with Crippen LogP contribution in [0.2, 0.25) is 5.02 Å². The standard InChI is InChI=1S/C24H25ClN4O/c1-15-13-18(8-11-22(15)29-12-6-4-5-7-23(29)30)16(2)26-17(3)24-27-20-10-9-19(25)14-21(20)28-24/h4,6,8-11,13-14,17,26H,2,5,7,12H2,1,3H3,(H,27,28)/t17-/m0/s1. The molecule has 2 heterocycles. The minimum atomic E-state index is -0.0546. The first-order valence-electron chi connectivity index (χ1n) is 10.1. The van der Waals surface area contributed by atoms with Gasteiger partial charge in [-0.15, -0.1) is 0 Å². The summed E-state index contributed by atoms with van der Waals surface area (Å²) in [5, 5.41) is 4.10. The highest BCUT2D eigenvalue weighted by Gasteiger charge is 2.18. The fourth-order valence-electron chi connectivity index (χ4n) is 3.74. The average molecular weight is 421 g/mol. The number of rotatable bonds is 5. The molecule has 1 amide bonds. The third kappa shape index (κ3) is 4.12. The van der Waals surface area contributed by atoms with Gasteiger partial charge in [-0.1, -0.05) is 36.4 Å². The highest BCUT2D eigenvalue weighted by atomic mass is 35.5. The molecule has 5 nitrogen and oxygen atoms in total. The van der Waals surface area contributed by atoms with Crippen molar-refractivity contribution in [3.05, 3.63) is 77.1 Å². The number of carbonyl (C=O) groups is 1. The van der Waals surface area contributed by atoms with Crippen LogP contribution >= 0.6 is 11.6 Å². The molecule has 6 heteroatoms. The summed E-state index contributed by atoms with van der Waals surface area (Å²) in [5.41, 5.74) is 5.58. The van der Waals surface area contributed by atoms with Crippen molar-refractivity contribution in [2.75, 3.05) is 11.4 Å². The Morgan fingerprint density at radius 2 is 2.10 bits per heavy atom. The van der Waals surface area contributed by atoms with Gasteiger partial charge in [0.1, 0.15) is 5.82 Å². The number of amides is 1. The van der Waals surface area contributed by atoms with Crippen LogP contribution in [0.15, 0.2) is 55.1 Å². The number of anilines is 1. The van der Waals surface area contributed by atoms with Gasteiger partial charge in [0.2, 0.25) is 5.91 Å². The van der Waals surface area contributed by atoms with E-state index in [1.165, 1.54) is 0 Å². The van der Waals surface area contributed by atoms with Gasteiger partial charge in [0, 0.05) is 29.4 Å². The maximum Gasteiger partial charge on any atom is 0.227 e. The van der Waals surface area contributed by atoms with Gasteiger partial charge in [-0.05, 0) is 61.7 Å². The lowest BCUT2D eigenvalue weighted by atomic mass is 10.1. The Labute approximate surface area is 181 Å². The topological polar surface area (TPSA) is 61.0 Å². The summed E-state index contributed by atoms with van der Waals surface area (Å²) in [4.78, 5) is 22.2. The second-order valence-electron chi connectivity index (χ2n) is 7.64. The monoisotopic (exact) mass is 420 g/mol. The molecule has 1 aliphatic rings. The summed E-state index contributed by atoms with van der Waals surface area (Å²) in [5.74, 6) is 0.982. The molecule has 0 spiro atoms. The van der Waals surface area contributed by atoms with Crippen molar-refractivity contribution >= 4 is 39.9 Å². The Bertz CT molecular complexity index is 1150. The van der Waals surface area contributed by atoms with Crippen LogP contribution in [0.5, 0.6) is 0 Å². The van der Waals surface area contributed by atoms with Gasteiger partial charge in [0.15, 0.2) is 0 Å². The van der Waals surface area contributed by atoms with Crippen LogP contribution in [-0.2, 0) is 4.79 Å². The van der Waals surface area contributed by atoms with E-state index in [-0.39, 0.29) is 11.9 Å². The van der Waals surface area contributed by atoms with E-state index in [4.69, 9.17) is 11.6 Å². The first-order valence-corrected chi connectivity index (χ1v) is 10.5. The Hall–Kier alpha value is -3.05. The average Bonchev–Trinajstić information content (AvgIpc) is 3.02. The maximum atomic E-state index is 12.4. The van der Waals surface area contributed by atoms with Crippen LogP contribution in [0.4, 0.5) is 5.69 Å². The molecule has 0 fully saturated rings. The van der Waals surface area contributed by atoms with Crippen LogP contribution in [0, 0.1) is 6.92 Å². The molecule has 30 heavy (non-hydrogen) atoms. The number of hydrogen-bond acceptors (Lipinski definition) is 3. The lowest BCUT2D eigenvalue weighted by Gasteiger charge is -2.23. The molecule has 1 atom stereocenters. The number of aromatic amines is 1. The van der Waals surface area contributed by atoms with Crippen LogP contribution in [0.1, 0.15) is 42.8 Å². The van der Waals surface area contributed by atoms with Gasteiger partial charge in [-0.3, -0.25) is 4.79 Å². The Balaban J connectivity index is 1.50. The molecule has 2 N–H and O–H groups in total. The number of aromatic nitrogens is 2. The lowest BCUT2D eigenvalue weighted by Crippen LogP contribution is -2.30. The molecule has 0 saturated heterocycles. The molecule has 0 aliphatic carbocycles. The van der Waals surface area contributed by atoms with Crippen molar-refractivity contribution < 1.29 is 4.79 Å². The highest BCUT2D eigenvalue weighted by Crippen LogP contribution is 2.27. The number of nitrogens with zero attached hydrogens (tertiary/aromatic N) is 2. The molecule has 4 rings (SSSR count). The predicted octanol–water partition coefficient (Wildman–Crippen LogP) is 5.53. The smallest absolute Gasteiger partial charge is 0.227 e. The molecule has 0 bridgehead atoms. The summed E-state index contributed by atoms with van der Waals surface area (Å²) in [7, 11) is 0. The van der Waals surface area contributed by atoms with Gasteiger partial charge in [-0.25, -0.2) is 4.98 Å². The maximum absolute atomic E-state index is 12.4. The predicted molar refractivity (Wildman–Crippen MR) is 124 cm³/mol. The van der Waals surface area contributed by atoms with E-state index in [0.29, 0.717) is 18.0 Å². The second-order valence-corrected chi connectivity index (χ2v) is 8.08. The number of H-pyrrole nitrogens is 1. The Kier molecular flexibility index (Phi) is 5.64. The van der Waals surface area contributed by atoms with Gasteiger partial charge in [0.05, 0.1) is 17.1 Å². The summed E-state index contributed by atoms with van der Waals surface area (Å²) in [6, 6.07) is 11.6. The summed E-state index contributed by atoms with van der Waals surface area (Å²) in [6.45, 7) is 8.89. The van der Waals surface area contributed by atoms with Crippen molar-refractivity contribution in [3.63, 3.8) is 0 Å². The zero-order chi connectivity index (χ0) is 21.3. The van der Waals surface area contributed by atoms with E-state index in [0.717, 1.165) is 45.8 Å². The number of halogens is 1. The molecule has 3 aromatic rings. The number of aryl methyl sites for hydroxylation is 1. The molecule has 0 radical (unpaired) electrons. The molecular formula is C24H25ClN4O. The minimum Gasteiger partial charge on any atom is -0.375 e. The van der Waals surface area contributed by atoms with Crippen molar-refractivity contribution in [2.45, 2.75) is 32.7 Å². The summed E-state index contributed by atoms with van der Waals surface area (Å²) in [6.07, 6.45) is 5.48. The normalized spacial score (nSPS) is 15.3. The van der Waals surface area contributed by atoms with Gasteiger partial charge in [-0.2, -0.15) is 0 Å². The van der Waals surface area contributed by atoms with E-state index in [9.17, 15) is 4.79 Å². The van der Waals surface area contributed by atoms with Crippen LogP contribution < -0.4 is 10.2 Å². The van der Waals surface area contributed by atoms with Crippen molar-refractivity contribution in [3.8, 4) is 0 Å². The Morgan fingerprint density at radius 1 is 1.27 bits per heavy atom. The van der Waals surface area contributed by atoms with E-state index in [2.05, 4.69) is 40.1 Å². The molecule has 0 saturated carbocycles. The van der Waals surface area contributed by atoms with Crippen LogP contribution in [0.3, 0.4) is 0 Å². The number of imidazole rings is 1. The van der Waals surface area contributed by atoms with Gasteiger partial charge < -0.3 is 15.2 Å². The van der Waals surface area contributed by atoms with Gasteiger partial charge in [0.25, 0.3) is 0 Å². The second kappa shape index (κ2) is 8.36. The number of benzene rings is 2. The first kappa shape index (κ1) is 20.2. The number of allylic oxidation sites excluding steroid dienone is 1. The Morgan fingerprint density at radius 3 is 2.90 bits per heavy atom. The number of fused-ring (bicyclic) bond motifs is 1. The van der Waals surface area contributed by atoms with Crippen molar-refractivity contribution in [1.82, 2.24) is 15.3 Å². The minimum absolute atomic E-state index is 0.0546. The zero-order valence-electron chi connectivity index (χ0n) is 17.2. The molecular weight excluding hydrogens is 396 g/mol. The molecule has 1 aromatic heterocycles. The molecule has 1 aliphatic heterocycles. The first-order chi connectivity index (χ1) is 14.4. The third-order valence-electron chi connectivity index (χ3n) is 5.38. The van der Waals surface area contributed by atoms with Crippen LogP contribution in [-0.4, -0.2) is 22.4 Å². The van der Waals surface area contributed by atoms with E-state index in [1.807, 2.05) is 49.1 Å². The number of nitrogens with one attached hydrogen (secondary N) is 2. The van der Waals surface area contributed by atoms with Crippen molar-refractivity contribution in [1.29, 1.82) is 0 Å². The largest absolute Gasteiger partial charge is 0.375 e. The van der Waals surface area contributed by atoms with E-state index >= 15 is 0 Å². The summed E-state index contributed by atoms with van der Waals surface area (Å²) < 4.78 is 0. The lowest BCUT2D eigenvalue weighted by molar-refractivity contribution is -0.118. The van der Waals surface area contributed by atoms with E-state index in [1.54, 1.807) is 0 Å².